The predicted octanol–water partition coefficient (Wildman–Crippen LogP) is 22.7. The minimum absolute atomic E-state index is 0.0113. The largest absolute Gasteiger partial charge is 0.454 e. The smallest absolute Gasteiger partial charge is 0.264 e. The minimum Gasteiger partial charge on any atom is -0.454 e. The summed E-state index contributed by atoms with van der Waals surface area (Å²) in [5, 5.41) is 3.62. The number of benzene rings is 10. The van der Waals surface area contributed by atoms with Crippen LogP contribution in [0.25, 0.3) is 54.3 Å². The van der Waals surface area contributed by atoms with Crippen molar-refractivity contribution in [3.8, 4) is 22.3 Å². The number of furan rings is 1. The first-order chi connectivity index (χ1) is 45.3. The van der Waals surface area contributed by atoms with Crippen LogP contribution in [-0.2, 0) is 27.1 Å². The number of hydrogen-bond acceptors (Lipinski definition) is 5. The van der Waals surface area contributed by atoms with Crippen LogP contribution >= 0.6 is 11.3 Å². The van der Waals surface area contributed by atoms with Crippen molar-refractivity contribution >= 4 is 117 Å². The van der Waals surface area contributed by atoms with Gasteiger partial charge in [0.1, 0.15) is 5.58 Å². The number of rotatable bonds is 6. The van der Waals surface area contributed by atoms with Crippen molar-refractivity contribution in [2.24, 2.45) is 23.7 Å². The zero-order valence-electron chi connectivity index (χ0n) is 56.1. The zero-order chi connectivity index (χ0) is 63.7. The number of thiophene rings is 1. The van der Waals surface area contributed by atoms with E-state index in [2.05, 4.69) is 302 Å². The van der Waals surface area contributed by atoms with Gasteiger partial charge in [0.25, 0.3) is 6.71 Å². The Bertz CT molecular complexity index is 5140. The fourth-order valence-electron chi connectivity index (χ4n) is 20.0. The average Bonchev–Trinajstić information content (AvgIpc) is 1.43. The Kier molecular flexibility index (Phi) is 12.0. The van der Waals surface area contributed by atoms with Crippen LogP contribution in [0.3, 0.4) is 0 Å². The first kappa shape index (κ1) is 56.9. The van der Waals surface area contributed by atoms with Crippen molar-refractivity contribution in [2.75, 3.05) is 14.7 Å². The third-order valence-corrected chi connectivity index (χ3v) is 25.6. The maximum Gasteiger partial charge on any atom is 0.264 e. The maximum absolute atomic E-state index is 7.27. The van der Waals surface area contributed by atoms with Gasteiger partial charge in [0.05, 0.1) is 22.7 Å². The highest BCUT2D eigenvalue weighted by Gasteiger charge is 2.62. The first-order valence-electron chi connectivity index (χ1n) is 35.1. The molecular weight excluding hydrogens is 1160 g/mol. The van der Waals surface area contributed by atoms with Gasteiger partial charge in [-0.1, -0.05) is 203 Å². The van der Waals surface area contributed by atoms with Gasteiger partial charge in [-0.3, -0.25) is 0 Å². The molecule has 4 nitrogen and oxygen atoms in total. The van der Waals surface area contributed by atoms with Gasteiger partial charge >= 0.3 is 0 Å². The molecule has 4 fully saturated rings. The SMILES string of the molecule is CC(C)(C)c1ccc(N(c2ccc3c(c2)N(c2cccc4c2oc2ccccc24)c2cc(C(C)(C)C)cc4c2B3c2sc3cc5c(cc3c2N4c2cccc3c2-c2ccccc2C32C3CC4CC(C3)CC2C4)C(C)(C)CCC5(C)C)c2ccccc2-c2ccccc2)cc1. The van der Waals surface area contributed by atoms with E-state index in [1.54, 1.807) is 11.1 Å². The van der Waals surface area contributed by atoms with E-state index in [0.717, 1.165) is 68.6 Å². The molecule has 6 heteroatoms. The molecule has 20 rings (SSSR count). The third-order valence-electron chi connectivity index (χ3n) is 24.4. The monoisotopic (exact) mass is 1240 g/mol. The minimum atomic E-state index is -0.232. The van der Waals surface area contributed by atoms with Gasteiger partial charge < -0.3 is 19.1 Å². The second kappa shape index (κ2) is 19.8. The van der Waals surface area contributed by atoms with Gasteiger partial charge in [-0.2, -0.15) is 0 Å². The lowest BCUT2D eigenvalue weighted by molar-refractivity contribution is -0.0399. The van der Waals surface area contributed by atoms with Crippen LogP contribution in [0, 0.1) is 23.7 Å². The van der Waals surface area contributed by atoms with Crippen LogP contribution in [0.1, 0.15) is 148 Å². The normalized spacial score (nSPS) is 21.6. The van der Waals surface area contributed by atoms with Crippen molar-refractivity contribution in [2.45, 2.75) is 141 Å². The molecule has 8 aliphatic rings. The van der Waals surface area contributed by atoms with Gasteiger partial charge in [0.2, 0.25) is 0 Å². The number of para-hydroxylation sites is 3. The molecule has 94 heavy (non-hydrogen) atoms. The molecule has 464 valence electrons. The predicted molar refractivity (Wildman–Crippen MR) is 399 cm³/mol. The molecule has 0 saturated heterocycles. The molecule has 0 N–H and O–H groups in total. The zero-order valence-corrected chi connectivity index (χ0v) is 56.9. The van der Waals surface area contributed by atoms with E-state index in [0.29, 0.717) is 11.8 Å². The molecule has 0 unspecified atom stereocenters. The summed E-state index contributed by atoms with van der Waals surface area (Å²) in [4.78, 5) is 8.03. The molecule has 0 amide bonds. The fourth-order valence-corrected chi connectivity index (χ4v) is 21.3. The molecular formula is C88H82BN3OS. The van der Waals surface area contributed by atoms with E-state index in [4.69, 9.17) is 4.42 Å². The van der Waals surface area contributed by atoms with Gasteiger partial charge in [-0.05, 0) is 219 Å². The van der Waals surface area contributed by atoms with Crippen LogP contribution in [-0.4, -0.2) is 6.71 Å². The second-order valence-electron chi connectivity index (χ2n) is 32.7. The summed E-state index contributed by atoms with van der Waals surface area (Å²) in [7, 11) is 0. The molecule has 2 aliphatic heterocycles. The van der Waals surface area contributed by atoms with E-state index < -0.39 is 0 Å². The average molecular weight is 1240 g/mol. The van der Waals surface area contributed by atoms with Crippen LogP contribution in [0.5, 0.6) is 0 Å². The number of hydrogen-bond donors (Lipinski definition) is 0. The number of fused-ring (bicyclic) bond motifs is 13. The van der Waals surface area contributed by atoms with Crippen molar-refractivity contribution in [1.82, 2.24) is 0 Å². The highest BCUT2D eigenvalue weighted by molar-refractivity contribution is 7.33. The second-order valence-corrected chi connectivity index (χ2v) is 33.8. The quantitative estimate of drug-likeness (QED) is 0.155. The lowest BCUT2D eigenvalue weighted by Crippen LogP contribution is -2.60. The molecule has 12 aromatic rings. The van der Waals surface area contributed by atoms with Crippen LogP contribution < -0.4 is 30.4 Å². The van der Waals surface area contributed by atoms with Crippen molar-refractivity contribution in [1.29, 1.82) is 0 Å². The van der Waals surface area contributed by atoms with E-state index in [1.807, 2.05) is 0 Å². The summed E-state index contributed by atoms with van der Waals surface area (Å²) in [5.74, 6) is 3.03. The third kappa shape index (κ3) is 7.98. The molecule has 0 radical (unpaired) electrons. The summed E-state index contributed by atoms with van der Waals surface area (Å²) in [5.41, 5.74) is 29.0. The van der Waals surface area contributed by atoms with E-state index >= 15 is 0 Å². The van der Waals surface area contributed by atoms with Crippen LogP contribution in [0.4, 0.5) is 51.2 Å². The van der Waals surface area contributed by atoms with Gasteiger partial charge in [-0.15, -0.1) is 11.3 Å². The summed E-state index contributed by atoms with van der Waals surface area (Å²) in [6.45, 7) is 24.1. The molecule has 4 heterocycles. The summed E-state index contributed by atoms with van der Waals surface area (Å²) in [6, 6.07) is 80.3. The standard InChI is InChI=1S/C88H82BN3OS/c1-84(2,3)55-34-36-59(37-35-55)90(71-30-18-15-24-61(71)54-22-12-11-13-23-54)60-38-39-70-74(49-60)91(73-32-20-27-63-62-25-16-19-33-77(62)93-82(63)73)75-47-56(85(4,5)6)48-76-80(75)89(70)83-81(65-50-68-69(51-78(65)94-83)87(9,10)41-40-86(68,7)8)92(76)72-31-21-29-67-79(72)64-26-14-17-28-66(64)88(67)57-43-52-42-53(45-57)46-58(88)44-52/h11-39,47-53,57-58H,40-46H2,1-10H3. The Morgan fingerprint density at radius 1 is 0.479 bits per heavy atom. The Hall–Kier alpha value is -8.58. The molecule has 0 atom stereocenters. The van der Waals surface area contributed by atoms with Gasteiger partial charge in [0, 0.05) is 70.6 Å². The lowest BCUT2D eigenvalue weighted by Gasteiger charge is -2.61. The van der Waals surface area contributed by atoms with Crippen molar-refractivity contribution in [3.63, 3.8) is 0 Å². The first-order valence-corrected chi connectivity index (χ1v) is 35.9. The molecule has 4 saturated carbocycles. The number of anilines is 9. The van der Waals surface area contributed by atoms with E-state index in [9.17, 15) is 0 Å². The Morgan fingerprint density at radius 3 is 1.82 bits per heavy atom. The topological polar surface area (TPSA) is 22.9 Å². The summed E-state index contributed by atoms with van der Waals surface area (Å²) >= 11 is 2.06. The molecule has 10 aromatic carbocycles. The van der Waals surface area contributed by atoms with E-state index in [-0.39, 0.29) is 33.8 Å². The summed E-state index contributed by atoms with van der Waals surface area (Å²) in [6.07, 6.45) is 9.16. The Morgan fingerprint density at radius 2 is 1.09 bits per heavy atom. The Balaban J connectivity index is 0.934. The maximum atomic E-state index is 7.27. The number of nitrogens with zero attached hydrogens (tertiary/aromatic N) is 3. The van der Waals surface area contributed by atoms with Gasteiger partial charge in [0.15, 0.2) is 5.58 Å². The molecule has 6 aliphatic carbocycles. The van der Waals surface area contributed by atoms with E-state index in [1.165, 1.54) is 132 Å². The molecule has 1 spiro atoms. The summed E-state index contributed by atoms with van der Waals surface area (Å²) < 4.78 is 10.1. The molecule has 2 aromatic heterocycles. The highest BCUT2D eigenvalue weighted by atomic mass is 32.1. The van der Waals surface area contributed by atoms with Crippen molar-refractivity contribution < 1.29 is 4.42 Å². The lowest BCUT2D eigenvalue weighted by atomic mass is 9.36. The highest BCUT2D eigenvalue weighted by Crippen LogP contribution is 2.71. The Labute approximate surface area is 559 Å². The van der Waals surface area contributed by atoms with Crippen LogP contribution in [0.2, 0.25) is 0 Å². The fraction of sp³-hybridized carbons (Fsp3) is 0.295. The molecule has 4 bridgehead atoms. The van der Waals surface area contributed by atoms with Gasteiger partial charge in [-0.25, -0.2) is 0 Å². The van der Waals surface area contributed by atoms with Crippen molar-refractivity contribution in [3.05, 3.63) is 240 Å². The van der Waals surface area contributed by atoms with Crippen LogP contribution in [0.15, 0.2) is 211 Å².